The zero-order chi connectivity index (χ0) is 17.1. The monoisotopic (exact) mass is 336 g/mol. The Morgan fingerprint density at radius 3 is 2.29 bits per heavy atom. The molecule has 0 bridgehead atoms. The number of rotatable bonds is 4. The highest BCUT2D eigenvalue weighted by Crippen LogP contribution is 2.24. The van der Waals surface area contributed by atoms with Crippen LogP contribution >= 0.6 is 11.3 Å². The van der Waals surface area contributed by atoms with Gasteiger partial charge in [0, 0.05) is 22.2 Å². The molecular formula is C19H16N2O2S. The lowest BCUT2D eigenvalue weighted by molar-refractivity contribution is 0.101. The minimum Gasteiger partial charge on any atom is -0.321 e. The number of carbonyl (C=O) groups excluding carboxylic acids is 2. The standard InChI is InChI=1S/C19H16N2O2S/c1-12-3-5-15(6-4-12)19-21-17(11-24-19)18(23)20-16-9-7-14(8-10-16)13(2)22/h3-11H,1-2H3,(H,20,23). The molecule has 1 aromatic heterocycles. The Kier molecular flexibility index (Phi) is 4.53. The summed E-state index contributed by atoms with van der Waals surface area (Å²) in [6, 6.07) is 14.8. The van der Waals surface area contributed by atoms with Gasteiger partial charge in [0.1, 0.15) is 10.7 Å². The first kappa shape index (κ1) is 16.1. The molecule has 0 spiro atoms. The van der Waals surface area contributed by atoms with Crippen LogP contribution in [-0.2, 0) is 0 Å². The second kappa shape index (κ2) is 6.76. The lowest BCUT2D eigenvalue weighted by atomic mass is 10.1. The van der Waals surface area contributed by atoms with E-state index in [0.717, 1.165) is 10.6 Å². The zero-order valence-corrected chi connectivity index (χ0v) is 14.2. The van der Waals surface area contributed by atoms with E-state index in [0.29, 0.717) is 16.9 Å². The minimum atomic E-state index is -0.264. The Morgan fingerprint density at radius 2 is 1.67 bits per heavy atom. The summed E-state index contributed by atoms with van der Waals surface area (Å²) >= 11 is 1.44. The number of aromatic nitrogens is 1. The van der Waals surface area contributed by atoms with Crippen molar-refractivity contribution < 1.29 is 9.59 Å². The van der Waals surface area contributed by atoms with Crippen LogP contribution in [0.3, 0.4) is 0 Å². The molecule has 0 unspecified atom stereocenters. The van der Waals surface area contributed by atoms with E-state index in [4.69, 9.17) is 0 Å². The number of nitrogens with one attached hydrogen (secondary N) is 1. The Balaban J connectivity index is 1.73. The van der Waals surface area contributed by atoms with Gasteiger partial charge in [-0.3, -0.25) is 9.59 Å². The van der Waals surface area contributed by atoms with Gasteiger partial charge in [0.25, 0.3) is 5.91 Å². The Morgan fingerprint density at radius 1 is 1.00 bits per heavy atom. The van der Waals surface area contributed by atoms with Crippen molar-refractivity contribution in [1.82, 2.24) is 4.98 Å². The molecule has 0 aliphatic heterocycles. The van der Waals surface area contributed by atoms with Crippen molar-refractivity contribution >= 4 is 28.7 Å². The maximum Gasteiger partial charge on any atom is 0.275 e. The van der Waals surface area contributed by atoms with Gasteiger partial charge in [-0.2, -0.15) is 0 Å². The van der Waals surface area contributed by atoms with Crippen molar-refractivity contribution in [2.75, 3.05) is 5.32 Å². The predicted octanol–water partition coefficient (Wildman–Crippen LogP) is 4.57. The van der Waals surface area contributed by atoms with Crippen LogP contribution in [-0.4, -0.2) is 16.7 Å². The third-order valence-corrected chi connectivity index (χ3v) is 4.48. The summed E-state index contributed by atoms with van der Waals surface area (Å²) in [7, 11) is 0. The zero-order valence-electron chi connectivity index (χ0n) is 13.4. The summed E-state index contributed by atoms with van der Waals surface area (Å²) in [6.45, 7) is 3.54. The number of Topliss-reactive ketones (excluding diaryl/α,β-unsaturated/α-hetero) is 1. The highest BCUT2D eigenvalue weighted by atomic mass is 32.1. The number of thiazole rings is 1. The maximum atomic E-state index is 12.3. The van der Waals surface area contributed by atoms with Gasteiger partial charge in [0.15, 0.2) is 5.78 Å². The number of anilines is 1. The third kappa shape index (κ3) is 3.58. The topological polar surface area (TPSA) is 59.1 Å². The van der Waals surface area contributed by atoms with Crippen LogP contribution in [0.2, 0.25) is 0 Å². The van der Waals surface area contributed by atoms with Crippen LogP contribution in [0.1, 0.15) is 33.3 Å². The fourth-order valence-electron chi connectivity index (χ4n) is 2.19. The van der Waals surface area contributed by atoms with Crippen molar-refractivity contribution in [2.24, 2.45) is 0 Å². The molecule has 1 N–H and O–H groups in total. The molecule has 0 atom stereocenters. The minimum absolute atomic E-state index is 0.00452. The molecule has 2 aromatic carbocycles. The van der Waals surface area contributed by atoms with E-state index in [1.807, 2.05) is 31.2 Å². The molecular weight excluding hydrogens is 320 g/mol. The average molecular weight is 336 g/mol. The quantitative estimate of drug-likeness (QED) is 0.710. The van der Waals surface area contributed by atoms with Gasteiger partial charge in [0.2, 0.25) is 0 Å². The largest absolute Gasteiger partial charge is 0.321 e. The van der Waals surface area contributed by atoms with E-state index in [2.05, 4.69) is 10.3 Å². The summed E-state index contributed by atoms with van der Waals surface area (Å²) in [5.74, 6) is -0.268. The van der Waals surface area contributed by atoms with Crippen molar-refractivity contribution in [3.8, 4) is 10.6 Å². The summed E-state index contributed by atoms with van der Waals surface area (Å²) < 4.78 is 0. The maximum absolute atomic E-state index is 12.3. The van der Waals surface area contributed by atoms with E-state index in [-0.39, 0.29) is 11.7 Å². The molecule has 5 heteroatoms. The first-order valence-corrected chi connectivity index (χ1v) is 8.36. The molecule has 3 rings (SSSR count). The molecule has 0 saturated carbocycles. The SMILES string of the molecule is CC(=O)c1ccc(NC(=O)c2csc(-c3ccc(C)cc3)n2)cc1. The molecule has 0 radical (unpaired) electrons. The van der Waals surface area contributed by atoms with Crippen LogP contribution in [0.25, 0.3) is 10.6 Å². The Labute approximate surface area is 144 Å². The number of benzene rings is 2. The number of hydrogen-bond acceptors (Lipinski definition) is 4. The summed E-state index contributed by atoms with van der Waals surface area (Å²) in [4.78, 5) is 28.0. The number of nitrogens with zero attached hydrogens (tertiary/aromatic N) is 1. The molecule has 24 heavy (non-hydrogen) atoms. The number of amides is 1. The van der Waals surface area contributed by atoms with Gasteiger partial charge in [-0.15, -0.1) is 11.3 Å². The van der Waals surface area contributed by atoms with Crippen molar-refractivity contribution in [1.29, 1.82) is 0 Å². The summed E-state index contributed by atoms with van der Waals surface area (Å²) in [6.07, 6.45) is 0. The van der Waals surface area contributed by atoms with E-state index < -0.39 is 0 Å². The first-order valence-electron chi connectivity index (χ1n) is 7.48. The van der Waals surface area contributed by atoms with Crippen molar-refractivity contribution in [3.63, 3.8) is 0 Å². The van der Waals surface area contributed by atoms with E-state index in [9.17, 15) is 9.59 Å². The molecule has 0 aliphatic rings. The van der Waals surface area contributed by atoms with Gasteiger partial charge < -0.3 is 5.32 Å². The molecule has 0 fully saturated rings. The second-order valence-corrected chi connectivity index (χ2v) is 6.35. The first-order chi connectivity index (χ1) is 11.5. The van der Waals surface area contributed by atoms with E-state index >= 15 is 0 Å². The normalized spacial score (nSPS) is 10.4. The molecule has 4 nitrogen and oxygen atoms in total. The highest BCUT2D eigenvalue weighted by Gasteiger charge is 2.12. The molecule has 1 heterocycles. The van der Waals surface area contributed by atoms with Crippen molar-refractivity contribution in [3.05, 3.63) is 70.7 Å². The van der Waals surface area contributed by atoms with Gasteiger partial charge in [0.05, 0.1) is 0 Å². The smallest absolute Gasteiger partial charge is 0.275 e. The van der Waals surface area contributed by atoms with Gasteiger partial charge >= 0.3 is 0 Å². The molecule has 3 aromatic rings. The van der Waals surface area contributed by atoms with Crippen LogP contribution in [0.15, 0.2) is 53.9 Å². The predicted molar refractivity (Wildman–Crippen MR) is 96.7 cm³/mol. The summed E-state index contributed by atoms with van der Waals surface area (Å²) in [5, 5.41) is 5.35. The number of ketones is 1. The molecule has 1 amide bonds. The number of aryl methyl sites for hydroxylation is 1. The fraction of sp³-hybridized carbons (Fsp3) is 0.105. The molecule has 0 aliphatic carbocycles. The Bertz CT molecular complexity index is 880. The highest BCUT2D eigenvalue weighted by molar-refractivity contribution is 7.13. The second-order valence-electron chi connectivity index (χ2n) is 5.49. The van der Waals surface area contributed by atoms with E-state index in [1.165, 1.54) is 23.8 Å². The lowest BCUT2D eigenvalue weighted by Gasteiger charge is -2.04. The van der Waals surface area contributed by atoms with Gasteiger partial charge in [-0.05, 0) is 38.1 Å². The summed E-state index contributed by atoms with van der Waals surface area (Å²) in [5.41, 5.74) is 3.81. The Hall–Kier alpha value is -2.79. The van der Waals surface area contributed by atoms with Gasteiger partial charge in [-0.25, -0.2) is 4.98 Å². The fourth-order valence-corrected chi connectivity index (χ4v) is 3.00. The van der Waals surface area contributed by atoms with E-state index in [1.54, 1.807) is 29.6 Å². The van der Waals surface area contributed by atoms with Gasteiger partial charge in [-0.1, -0.05) is 29.8 Å². The number of hydrogen-bond donors (Lipinski definition) is 1. The van der Waals surface area contributed by atoms with Crippen LogP contribution in [0.5, 0.6) is 0 Å². The van der Waals surface area contributed by atoms with Crippen LogP contribution in [0, 0.1) is 6.92 Å². The van der Waals surface area contributed by atoms with Crippen molar-refractivity contribution in [2.45, 2.75) is 13.8 Å². The molecule has 0 saturated heterocycles. The molecule has 120 valence electrons. The third-order valence-electron chi connectivity index (χ3n) is 3.58. The average Bonchev–Trinajstić information content (AvgIpc) is 3.06. The van der Waals surface area contributed by atoms with Crippen LogP contribution in [0.4, 0.5) is 5.69 Å². The number of carbonyl (C=O) groups is 2. The van der Waals surface area contributed by atoms with Crippen LogP contribution < -0.4 is 5.32 Å². The lowest BCUT2D eigenvalue weighted by Crippen LogP contribution is -2.12.